The molecule has 0 bridgehead atoms. The number of benzene rings is 1. The molecule has 86 valence electrons. The number of nitrogens with zero attached hydrogens (tertiary/aromatic N) is 2. The lowest BCUT2D eigenvalue weighted by Gasteiger charge is -2.19. The Morgan fingerprint density at radius 2 is 2.06 bits per heavy atom. The van der Waals surface area contributed by atoms with E-state index in [1.807, 2.05) is 12.3 Å². The Kier molecular flexibility index (Phi) is 3.83. The molecule has 16 heavy (non-hydrogen) atoms. The van der Waals surface area contributed by atoms with Crippen LogP contribution in [0.4, 0.5) is 5.69 Å². The SMILES string of the molecule is CSc1ccc(C#N)cc1N(C)S(C)(=O)=O. The summed E-state index contributed by atoms with van der Waals surface area (Å²) in [5, 5.41) is 8.79. The van der Waals surface area contributed by atoms with Crippen molar-refractivity contribution in [2.45, 2.75) is 4.90 Å². The third-order valence-corrected chi connectivity index (χ3v) is 4.12. The van der Waals surface area contributed by atoms with Crippen LogP contribution in [0.2, 0.25) is 0 Å². The van der Waals surface area contributed by atoms with E-state index in [9.17, 15) is 8.42 Å². The maximum Gasteiger partial charge on any atom is 0.232 e. The van der Waals surface area contributed by atoms with Crippen molar-refractivity contribution in [3.8, 4) is 6.07 Å². The van der Waals surface area contributed by atoms with Crippen molar-refractivity contribution in [1.82, 2.24) is 0 Å². The van der Waals surface area contributed by atoms with Crippen LogP contribution in [0.5, 0.6) is 0 Å². The summed E-state index contributed by atoms with van der Waals surface area (Å²) in [6, 6.07) is 6.99. The van der Waals surface area contributed by atoms with E-state index < -0.39 is 10.0 Å². The van der Waals surface area contributed by atoms with Crippen molar-refractivity contribution in [1.29, 1.82) is 5.26 Å². The molecule has 1 rings (SSSR count). The lowest BCUT2D eigenvalue weighted by molar-refractivity contribution is 0.600. The molecule has 4 nitrogen and oxygen atoms in total. The van der Waals surface area contributed by atoms with Crippen molar-refractivity contribution in [2.75, 3.05) is 23.9 Å². The Bertz CT molecular complexity index is 532. The molecule has 0 aromatic heterocycles. The first-order valence-electron chi connectivity index (χ1n) is 4.42. The molecule has 0 fully saturated rings. The Morgan fingerprint density at radius 3 is 2.50 bits per heavy atom. The predicted octanol–water partition coefficient (Wildman–Crippen LogP) is 1.68. The Labute approximate surface area is 99.9 Å². The fourth-order valence-electron chi connectivity index (χ4n) is 1.18. The molecule has 0 saturated heterocycles. The zero-order valence-corrected chi connectivity index (χ0v) is 10.9. The molecule has 0 aliphatic rings. The van der Waals surface area contributed by atoms with Gasteiger partial charge in [-0.3, -0.25) is 4.31 Å². The highest BCUT2D eigenvalue weighted by Crippen LogP contribution is 2.30. The molecule has 0 amide bonds. The van der Waals surface area contributed by atoms with Gasteiger partial charge < -0.3 is 0 Å². The van der Waals surface area contributed by atoms with E-state index >= 15 is 0 Å². The van der Waals surface area contributed by atoms with Gasteiger partial charge in [-0.2, -0.15) is 5.26 Å². The lowest BCUT2D eigenvalue weighted by atomic mass is 10.2. The number of sulfonamides is 1. The Hall–Kier alpha value is -1.19. The van der Waals surface area contributed by atoms with Crippen molar-refractivity contribution in [2.24, 2.45) is 0 Å². The topological polar surface area (TPSA) is 61.2 Å². The van der Waals surface area contributed by atoms with Crippen molar-refractivity contribution in [3.05, 3.63) is 23.8 Å². The molecule has 0 aliphatic carbocycles. The van der Waals surface area contributed by atoms with Gasteiger partial charge in [-0.15, -0.1) is 11.8 Å². The van der Waals surface area contributed by atoms with Gasteiger partial charge in [0, 0.05) is 11.9 Å². The summed E-state index contributed by atoms with van der Waals surface area (Å²) >= 11 is 1.44. The fraction of sp³-hybridized carbons (Fsp3) is 0.300. The average Bonchev–Trinajstić information content (AvgIpc) is 2.25. The first kappa shape index (κ1) is 12.9. The van der Waals surface area contributed by atoms with E-state index in [4.69, 9.17) is 5.26 Å². The number of hydrogen-bond donors (Lipinski definition) is 0. The summed E-state index contributed by atoms with van der Waals surface area (Å²) in [5.74, 6) is 0. The summed E-state index contributed by atoms with van der Waals surface area (Å²) in [4.78, 5) is 0.826. The van der Waals surface area contributed by atoms with Gasteiger partial charge in [0.2, 0.25) is 10.0 Å². The molecule has 6 heteroatoms. The molecule has 0 radical (unpaired) electrons. The predicted molar refractivity (Wildman–Crippen MR) is 66.2 cm³/mol. The number of rotatable bonds is 3. The number of hydrogen-bond acceptors (Lipinski definition) is 4. The minimum atomic E-state index is -3.30. The zero-order chi connectivity index (χ0) is 12.3. The molecule has 1 aromatic carbocycles. The van der Waals surface area contributed by atoms with Crippen molar-refractivity contribution < 1.29 is 8.42 Å². The molecule has 0 spiro atoms. The largest absolute Gasteiger partial charge is 0.272 e. The van der Waals surface area contributed by atoms with Gasteiger partial charge in [-0.05, 0) is 24.5 Å². The average molecular weight is 256 g/mol. The second kappa shape index (κ2) is 4.76. The van der Waals surface area contributed by atoms with Gasteiger partial charge in [0.25, 0.3) is 0 Å². The summed E-state index contributed by atoms with van der Waals surface area (Å²) in [6.45, 7) is 0. The van der Waals surface area contributed by atoms with E-state index in [1.54, 1.807) is 18.2 Å². The molecular formula is C10H12N2O2S2. The van der Waals surface area contributed by atoms with Crippen LogP contribution in [0.3, 0.4) is 0 Å². The molecule has 0 heterocycles. The van der Waals surface area contributed by atoms with Crippen LogP contribution in [-0.2, 0) is 10.0 Å². The molecule has 0 aliphatic heterocycles. The van der Waals surface area contributed by atoms with Gasteiger partial charge in [0.05, 0.1) is 23.6 Å². The number of thioether (sulfide) groups is 1. The van der Waals surface area contributed by atoms with Crippen LogP contribution in [-0.4, -0.2) is 28.0 Å². The second-order valence-electron chi connectivity index (χ2n) is 3.23. The van der Waals surface area contributed by atoms with Crippen molar-refractivity contribution in [3.63, 3.8) is 0 Å². The van der Waals surface area contributed by atoms with E-state index in [-0.39, 0.29) is 0 Å². The first-order valence-corrected chi connectivity index (χ1v) is 7.49. The van der Waals surface area contributed by atoms with Crippen LogP contribution in [0.15, 0.2) is 23.1 Å². The normalized spacial score (nSPS) is 10.9. The lowest BCUT2D eigenvalue weighted by Crippen LogP contribution is -2.25. The van der Waals surface area contributed by atoms with Crippen LogP contribution < -0.4 is 4.31 Å². The van der Waals surface area contributed by atoms with E-state index in [0.717, 1.165) is 11.2 Å². The fourth-order valence-corrected chi connectivity index (χ4v) is 2.36. The molecule has 0 unspecified atom stereocenters. The summed E-state index contributed by atoms with van der Waals surface area (Å²) in [5.41, 5.74) is 0.984. The summed E-state index contributed by atoms with van der Waals surface area (Å²) in [6.07, 6.45) is 3.00. The highest BCUT2D eigenvalue weighted by molar-refractivity contribution is 7.99. The van der Waals surface area contributed by atoms with Gasteiger partial charge >= 0.3 is 0 Å². The third kappa shape index (κ3) is 2.68. The quantitative estimate of drug-likeness (QED) is 0.772. The minimum Gasteiger partial charge on any atom is -0.272 e. The molecule has 0 saturated carbocycles. The van der Waals surface area contributed by atoms with Gasteiger partial charge in [-0.25, -0.2) is 8.42 Å². The van der Waals surface area contributed by atoms with Crippen LogP contribution >= 0.6 is 11.8 Å². The van der Waals surface area contributed by atoms with E-state index in [0.29, 0.717) is 11.3 Å². The Balaban J connectivity index is 3.36. The van der Waals surface area contributed by atoms with Gasteiger partial charge in [-0.1, -0.05) is 0 Å². The second-order valence-corrected chi connectivity index (χ2v) is 6.09. The van der Waals surface area contributed by atoms with E-state index in [1.165, 1.54) is 23.1 Å². The van der Waals surface area contributed by atoms with Gasteiger partial charge in [0.15, 0.2) is 0 Å². The van der Waals surface area contributed by atoms with Crippen LogP contribution in [0.1, 0.15) is 5.56 Å². The molecule has 1 aromatic rings. The number of nitriles is 1. The maximum atomic E-state index is 11.4. The Morgan fingerprint density at radius 1 is 1.44 bits per heavy atom. The summed E-state index contributed by atoms with van der Waals surface area (Å²) in [7, 11) is -1.83. The monoisotopic (exact) mass is 256 g/mol. The van der Waals surface area contributed by atoms with Crippen molar-refractivity contribution >= 4 is 27.5 Å². The maximum absolute atomic E-state index is 11.4. The zero-order valence-electron chi connectivity index (χ0n) is 9.26. The molecule has 0 atom stereocenters. The van der Waals surface area contributed by atoms with E-state index in [2.05, 4.69) is 0 Å². The van der Waals surface area contributed by atoms with Gasteiger partial charge in [0.1, 0.15) is 0 Å². The standard InChI is InChI=1S/C10H12N2O2S2/c1-12(16(3,13)14)9-6-8(7-11)4-5-10(9)15-2/h4-6H,1-3H3. The summed E-state index contributed by atoms with van der Waals surface area (Å²) < 4.78 is 24.0. The third-order valence-electron chi connectivity index (χ3n) is 2.14. The van der Waals surface area contributed by atoms with Crippen LogP contribution in [0, 0.1) is 11.3 Å². The smallest absolute Gasteiger partial charge is 0.232 e. The first-order chi connectivity index (χ1) is 7.40. The molecule has 0 N–H and O–H groups in total. The highest BCUT2D eigenvalue weighted by atomic mass is 32.2. The number of anilines is 1. The highest BCUT2D eigenvalue weighted by Gasteiger charge is 2.15. The van der Waals surface area contributed by atoms with Crippen LogP contribution in [0.25, 0.3) is 0 Å². The molecular weight excluding hydrogens is 244 g/mol. The minimum absolute atomic E-state index is 0.448.